The standard InChI is InChI=1S/C18H25N3O3/c1-2-15(21-17(23)14-8-10-19-11-9-14)16(22)18(24)20-12-13-6-4-3-5-7-13/h8-11,13,15H,2-7,12H2,1H3,(H,20,24)(H,21,23). The first-order chi connectivity index (χ1) is 11.6. The molecular formula is C18H25N3O3. The summed E-state index contributed by atoms with van der Waals surface area (Å²) >= 11 is 0. The number of nitrogens with zero attached hydrogens (tertiary/aromatic N) is 1. The van der Waals surface area contributed by atoms with E-state index in [1.807, 2.05) is 0 Å². The van der Waals surface area contributed by atoms with Gasteiger partial charge in [0.05, 0.1) is 6.04 Å². The molecule has 2 amide bonds. The van der Waals surface area contributed by atoms with Gasteiger partial charge >= 0.3 is 0 Å². The molecule has 1 aromatic rings. The molecule has 0 bridgehead atoms. The van der Waals surface area contributed by atoms with Crippen LogP contribution in [0.15, 0.2) is 24.5 Å². The maximum absolute atomic E-state index is 12.3. The van der Waals surface area contributed by atoms with Crippen LogP contribution in [-0.4, -0.2) is 35.2 Å². The van der Waals surface area contributed by atoms with Crippen molar-refractivity contribution < 1.29 is 14.4 Å². The molecular weight excluding hydrogens is 306 g/mol. The van der Waals surface area contributed by atoms with E-state index < -0.39 is 17.7 Å². The molecule has 0 aromatic carbocycles. The monoisotopic (exact) mass is 331 g/mol. The van der Waals surface area contributed by atoms with Crippen LogP contribution < -0.4 is 10.6 Å². The molecule has 1 atom stereocenters. The molecule has 1 aliphatic carbocycles. The van der Waals surface area contributed by atoms with Crippen LogP contribution >= 0.6 is 0 Å². The van der Waals surface area contributed by atoms with Gasteiger partial charge in [0.15, 0.2) is 0 Å². The number of hydrogen-bond donors (Lipinski definition) is 2. The average Bonchev–Trinajstić information content (AvgIpc) is 2.65. The summed E-state index contributed by atoms with van der Waals surface area (Å²) in [4.78, 5) is 40.3. The lowest BCUT2D eigenvalue weighted by Gasteiger charge is -2.22. The Bertz CT molecular complexity index is 568. The second-order valence-electron chi connectivity index (χ2n) is 6.25. The Morgan fingerprint density at radius 2 is 1.83 bits per heavy atom. The predicted molar refractivity (Wildman–Crippen MR) is 90.4 cm³/mol. The molecule has 2 rings (SSSR count). The molecule has 1 heterocycles. The SMILES string of the molecule is CCC(NC(=O)c1ccncc1)C(=O)C(=O)NCC1CCCCC1. The van der Waals surface area contributed by atoms with E-state index in [4.69, 9.17) is 0 Å². The molecule has 0 radical (unpaired) electrons. The fraction of sp³-hybridized carbons (Fsp3) is 0.556. The van der Waals surface area contributed by atoms with Gasteiger partial charge in [0.1, 0.15) is 0 Å². The van der Waals surface area contributed by atoms with Crippen LogP contribution in [0.1, 0.15) is 55.8 Å². The summed E-state index contributed by atoms with van der Waals surface area (Å²) in [6.07, 6.45) is 9.22. The fourth-order valence-corrected chi connectivity index (χ4v) is 2.97. The maximum Gasteiger partial charge on any atom is 0.289 e. The van der Waals surface area contributed by atoms with Gasteiger partial charge < -0.3 is 10.6 Å². The summed E-state index contributed by atoms with van der Waals surface area (Å²) in [6, 6.07) is 2.32. The number of nitrogens with one attached hydrogen (secondary N) is 2. The predicted octanol–water partition coefficient (Wildman–Crippen LogP) is 1.86. The molecule has 0 aliphatic heterocycles. The second kappa shape index (κ2) is 9.15. The van der Waals surface area contributed by atoms with Gasteiger partial charge in [0.25, 0.3) is 11.8 Å². The lowest BCUT2D eigenvalue weighted by molar-refractivity contribution is -0.139. The molecule has 1 aromatic heterocycles. The van der Waals surface area contributed by atoms with Gasteiger partial charge in [-0.25, -0.2) is 0 Å². The molecule has 1 unspecified atom stereocenters. The lowest BCUT2D eigenvalue weighted by atomic mass is 9.89. The summed E-state index contributed by atoms with van der Waals surface area (Å²) < 4.78 is 0. The molecule has 6 nitrogen and oxygen atoms in total. The summed E-state index contributed by atoms with van der Waals surface area (Å²) in [7, 11) is 0. The smallest absolute Gasteiger partial charge is 0.289 e. The van der Waals surface area contributed by atoms with Crippen LogP contribution in [-0.2, 0) is 9.59 Å². The van der Waals surface area contributed by atoms with E-state index in [0.29, 0.717) is 24.4 Å². The normalized spacial score (nSPS) is 16.2. The summed E-state index contributed by atoms with van der Waals surface area (Å²) in [5.74, 6) is -1.11. The summed E-state index contributed by atoms with van der Waals surface area (Å²) in [5.41, 5.74) is 0.416. The summed E-state index contributed by atoms with van der Waals surface area (Å²) in [6.45, 7) is 2.31. The highest BCUT2D eigenvalue weighted by Crippen LogP contribution is 2.22. The number of amides is 2. The minimum atomic E-state index is -0.808. The zero-order valence-electron chi connectivity index (χ0n) is 14.1. The van der Waals surface area contributed by atoms with Gasteiger partial charge in [-0.3, -0.25) is 19.4 Å². The van der Waals surface area contributed by atoms with Gasteiger partial charge in [0.2, 0.25) is 5.78 Å². The van der Waals surface area contributed by atoms with Gasteiger partial charge in [0, 0.05) is 24.5 Å². The number of pyridine rings is 1. The van der Waals surface area contributed by atoms with Crippen molar-refractivity contribution in [2.45, 2.75) is 51.5 Å². The van der Waals surface area contributed by atoms with E-state index >= 15 is 0 Å². The zero-order valence-corrected chi connectivity index (χ0v) is 14.1. The van der Waals surface area contributed by atoms with E-state index in [9.17, 15) is 14.4 Å². The fourth-order valence-electron chi connectivity index (χ4n) is 2.97. The van der Waals surface area contributed by atoms with E-state index in [1.54, 1.807) is 19.1 Å². The molecule has 2 N–H and O–H groups in total. The molecule has 130 valence electrons. The summed E-state index contributed by atoms with van der Waals surface area (Å²) in [5, 5.41) is 5.35. The van der Waals surface area contributed by atoms with Crippen LogP contribution in [0.4, 0.5) is 0 Å². The Balaban J connectivity index is 1.85. The Morgan fingerprint density at radius 1 is 1.17 bits per heavy atom. The molecule has 1 aliphatic rings. The Hall–Kier alpha value is -2.24. The van der Waals surface area contributed by atoms with Gasteiger partial charge in [-0.2, -0.15) is 0 Å². The van der Waals surface area contributed by atoms with E-state index in [-0.39, 0.29) is 5.91 Å². The largest absolute Gasteiger partial charge is 0.349 e. The van der Waals surface area contributed by atoms with Crippen molar-refractivity contribution in [1.82, 2.24) is 15.6 Å². The van der Waals surface area contributed by atoms with Crippen LogP contribution in [0.2, 0.25) is 0 Å². The third-order valence-corrected chi connectivity index (χ3v) is 4.47. The number of carbonyl (C=O) groups is 3. The Kier molecular flexibility index (Phi) is 6.90. The van der Waals surface area contributed by atoms with Crippen molar-refractivity contribution in [1.29, 1.82) is 0 Å². The maximum atomic E-state index is 12.3. The number of hydrogen-bond acceptors (Lipinski definition) is 4. The number of Topliss-reactive ketones (excluding diaryl/α,β-unsaturated/α-hetero) is 1. The van der Waals surface area contributed by atoms with E-state index in [2.05, 4.69) is 15.6 Å². The number of aromatic nitrogens is 1. The van der Waals surface area contributed by atoms with Crippen molar-refractivity contribution in [3.63, 3.8) is 0 Å². The van der Waals surface area contributed by atoms with Crippen LogP contribution in [0, 0.1) is 5.92 Å². The Morgan fingerprint density at radius 3 is 2.46 bits per heavy atom. The van der Waals surface area contributed by atoms with Crippen molar-refractivity contribution >= 4 is 17.6 Å². The highest BCUT2D eigenvalue weighted by Gasteiger charge is 2.26. The minimum Gasteiger partial charge on any atom is -0.349 e. The van der Waals surface area contributed by atoms with Crippen molar-refractivity contribution in [2.75, 3.05) is 6.54 Å². The minimum absolute atomic E-state index is 0.368. The average molecular weight is 331 g/mol. The van der Waals surface area contributed by atoms with Gasteiger partial charge in [-0.05, 0) is 37.3 Å². The third kappa shape index (κ3) is 5.15. The molecule has 1 fully saturated rings. The molecule has 0 spiro atoms. The second-order valence-corrected chi connectivity index (χ2v) is 6.25. The van der Waals surface area contributed by atoms with Gasteiger partial charge in [-0.15, -0.1) is 0 Å². The van der Waals surface area contributed by atoms with Crippen LogP contribution in [0.5, 0.6) is 0 Å². The van der Waals surface area contributed by atoms with Crippen LogP contribution in [0.25, 0.3) is 0 Å². The highest BCUT2D eigenvalue weighted by atomic mass is 16.2. The topological polar surface area (TPSA) is 88.2 Å². The quantitative estimate of drug-likeness (QED) is 0.747. The number of ketones is 1. The van der Waals surface area contributed by atoms with Crippen molar-refractivity contribution in [3.8, 4) is 0 Å². The Labute approximate surface area is 142 Å². The first kappa shape index (κ1) is 18.1. The first-order valence-electron chi connectivity index (χ1n) is 8.64. The zero-order chi connectivity index (χ0) is 17.4. The highest BCUT2D eigenvalue weighted by molar-refractivity contribution is 6.38. The molecule has 6 heteroatoms. The lowest BCUT2D eigenvalue weighted by Crippen LogP contribution is -2.48. The van der Waals surface area contributed by atoms with Gasteiger partial charge in [-0.1, -0.05) is 26.2 Å². The third-order valence-electron chi connectivity index (χ3n) is 4.47. The number of carbonyl (C=O) groups excluding carboxylic acids is 3. The van der Waals surface area contributed by atoms with E-state index in [0.717, 1.165) is 12.8 Å². The number of rotatable bonds is 7. The van der Waals surface area contributed by atoms with Crippen molar-refractivity contribution in [3.05, 3.63) is 30.1 Å². The molecule has 24 heavy (non-hydrogen) atoms. The first-order valence-corrected chi connectivity index (χ1v) is 8.64. The molecule has 0 saturated heterocycles. The van der Waals surface area contributed by atoms with Crippen LogP contribution in [0.3, 0.4) is 0 Å². The van der Waals surface area contributed by atoms with E-state index in [1.165, 1.54) is 31.7 Å². The molecule has 1 saturated carbocycles. The van der Waals surface area contributed by atoms with Crippen molar-refractivity contribution in [2.24, 2.45) is 5.92 Å².